The van der Waals surface area contributed by atoms with Gasteiger partial charge in [-0.3, -0.25) is 14.5 Å². The van der Waals surface area contributed by atoms with Crippen LogP contribution in [0.5, 0.6) is 0 Å². The first kappa shape index (κ1) is 16.7. The standard InChI is InChI=1S/C12H15N5O.2ClH/c18-11(9-5-1-3-7-13-9)14-12-16-15-10-6-2-4-8-17(10)12;;/h2,4,6,8-9,13H,1,3,5,7H2,(H,14,16,18);2*1H. The maximum atomic E-state index is 12.1. The van der Waals surface area contributed by atoms with Crippen LogP contribution in [0.15, 0.2) is 24.4 Å². The Morgan fingerprint density at radius 1 is 1.30 bits per heavy atom. The number of nitrogens with zero attached hydrogens (tertiary/aromatic N) is 3. The van der Waals surface area contributed by atoms with Crippen LogP contribution >= 0.6 is 24.8 Å². The summed E-state index contributed by atoms with van der Waals surface area (Å²) in [5.41, 5.74) is 0.726. The second-order valence-electron chi connectivity index (χ2n) is 4.44. The minimum absolute atomic E-state index is 0. The number of amides is 1. The summed E-state index contributed by atoms with van der Waals surface area (Å²) in [5, 5.41) is 14.0. The highest BCUT2D eigenvalue weighted by Crippen LogP contribution is 2.11. The number of halogens is 2. The van der Waals surface area contributed by atoms with Crippen molar-refractivity contribution in [3.8, 4) is 0 Å². The first-order valence-corrected chi connectivity index (χ1v) is 6.18. The van der Waals surface area contributed by atoms with Gasteiger partial charge < -0.3 is 5.32 Å². The molecule has 1 atom stereocenters. The van der Waals surface area contributed by atoms with E-state index in [-0.39, 0.29) is 36.8 Å². The average Bonchev–Trinajstić information content (AvgIpc) is 2.83. The summed E-state index contributed by atoms with van der Waals surface area (Å²) >= 11 is 0. The molecule has 0 aliphatic carbocycles. The zero-order valence-corrected chi connectivity index (χ0v) is 12.4. The minimum Gasteiger partial charge on any atom is -0.306 e. The van der Waals surface area contributed by atoms with Crippen LogP contribution in [0, 0.1) is 0 Å². The quantitative estimate of drug-likeness (QED) is 0.883. The van der Waals surface area contributed by atoms with E-state index in [1.807, 2.05) is 24.4 Å². The third kappa shape index (κ3) is 3.39. The van der Waals surface area contributed by atoms with Crippen molar-refractivity contribution in [1.82, 2.24) is 19.9 Å². The zero-order chi connectivity index (χ0) is 12.4. The second kappa shape index (κ2) is 7.42. The second-order valence-corrected chi connectivity index (χ2v) is 4.44. The molecule has 2 aromatic heterocycles. The van der Waals surface area contributed by atoms with Crippen LogP contribution in [0.25, 0.3) is 5.65 Å². The Morgan fingerprint density at radius 2 is 2.15 bits per heavy atom. The Hall–Kier alpha value is -1.37. The molecule has 0 aromatic carbocycles. The van der Waals surface area contributed by atoms with Crippen LogP contribution in [0.2, 0.25) is 0 Å². The number of pyridine rings is 1. The molecule has 20 heavy (non-hydrogen) atoms. The zero-order valence-electron chi connectivity index (χ0n) is 10.8. The summed E-state index contributed by atoms with van der Waals surface area (Å²) < 4.78 is 1.76. The number of carbonyl (C=O) groups excluding carboxylic acids is 1. The molecule has 1 aliphatic rings. The average molecular weight is 318 g/mol. The number of nitrogens with one attached hydrogen (secondary N) is 2. The molecule has 110 valence electrons. The number of hydrogen-bond acceptors (Lipinski definition) is 4. The van der Waals surface area contributed by atoms with Gasteiger partial charge in [0.25, 0.3) is 0 Å². The van der Waals surface area contributed by atoms with Crippen LogP contribution in [0.3, 0.4) is 0 Å². The molecule has 2 N–H and O–H groups in total. The number of aromatic nitrogens is 3. The largest absolute Gasteiger partial charge is 0.306 e. The van der Waals surface area contributed by atoms with Gasteiger partial charge in [0.2, 0.25) is 11.9 Å². The fourth-order valence-electron chi connectivity index (χ4n) is 2.20. The van der Waals surface area contributed by atoms with Crippen molar-refractivity contribution < 1.29 is 4.79 Å². The van der Waals surface area contributed by atoms with E-state index in [1.54, 1.807) is 4.40 Å². The van der Waals surface area contributed by atoms with E-state index in [4.69, 9.17) is 0 Å². The molecule has 1 fully saturated rings. The van der Waals surface area contributed by atoms with Crippen LogP contribution in [-0.4, -0.2) is 33.1 Å². The van der Waals surface area contributed by atoms with E-state index < -0.39 is 0 Å². The van der Waals surface area contributed by atoms with Gasteiger partial charge in [-0.05, 0) is 31.5 Å². The molecule has 1 amide bonds. The van der Waals surface area contributed by atoms with Gasteiger partial charge >= 0.3 is 0 Å². The molecular weight excluding hydrogens is 301 g/mol. The highest BCUT2D eigenvalue weighted by atomic mass is 35.5. The maximum absolute atomic E-state index is 12.1. The lowest BCUT2D eigenvalue weighted by atomic mass is 10.0. The van der Waals surface area contributed by atoms with Gasteiger partial charge in [0.15, 0.2) is 5.65 Å². The van der Waals surface area contributed by atoms with E-state index in [1.165, 1.54) is 0 Å². The molecule has 1 unspecified atom stereocenters. The smallest absolute Gasteiger partial charge is 0.243 e. The third-order valence-electron chi connectivity index (χ3n) is 3.18. The molecule has 0 spiro atoms. The van der Waals surface area contributed by atoms with E-state index in [0.29, 0.717) is 5.95 Å². The van der Waals surface area contributed by atoms with Crippen LogP contribution in [-0.2, 0) is 4.79 Å². The molecule has 0 saturated carbocycles. The van der Waals surface area contributed by atoms with Crippen molar-refractivity contribution in [2.24, 2.45) is 0 Å². The van der Waals surface area contributed by atoms with Gasteiger partial charge in [0.05, 0.1) is 6.04 Å². The van der Waals surface area contributed by atoms with E-state index >= 15 is 0 Å². The summed E-state index contributed by atoms with van der Waals surface area (Å²) in [7, 11) is 0. The molecule has 6 nitrogen and oxygen atoms in total. The van der Waals surface area contributed by atoms with Crippen LogP contribution in [0.4, 0.5) is 5.95 Å². The molecule has 1 saturated heterocycles. The lowest BCUT2D eigenvalue weighted by Crippen LogP contribution is -2.43. The predicted octanol–water partition coefficient (Wildman–Crippen LogP) is 1.65. The Morgan fingerprint density at radius 3 is 2.90 bits per heavy atom. The number of rotatable bonds is 2. The van der Waals surface area contributed by atoms with Gasteiger partial charge in [-0.1, -0.05) is 12.5 Å². The first-order valence-electron chi connectivity index (χ1n) is 6.18. The lowest BCUT2D eigenvalue weighted by Gasteiger charge is -2.21. The Labute approximate surface area is 129 Å². The molecule has 2 aromatic rings. The summed E-state index contributed by atoms with van der Waals surface area (Å²) in [6.07, 6.45) is 4.94. The summed E-state index contributed by atoms with van der Waals surface area (Å²) in [6.45, 7) is 0.901. The van der Waals surface area contributed by atoms with Gasteiger partial charge in [0, 0.05) is 6.20 Å². The van der Waals surface area contributed by atoms with Crippen molar-refractivity contribution in [3.05, 3.63) is 24.4 Å². The van der Waals surface area contributed by atoms with Crippen LogP contribution < -0.4 is 10.6 Å². The first-order chi connectivity index (χ1) is 8.84. The minimum atomic E-state index is -0.116. The molecule has 3 rings (SSSR count). The van der Waals surface area contributed by atoms with Crippen molar-refractivity contribution >= 4 is 42.3 Å². The predicted molar refractivity (Wildman–Crippen MR) is 81.8 cm³/mol. The van der Waals surface area contributed by atoms with E-state index in [0.717, 1.165) is 31.5 Å². The molecule has 0 radical (unpaired) electrons. The highest BCUT2D eigenvalue weighted by Gasteiger charge is 2.21. The third-order valence-corrected chi connectivity index (χ3v) is 3.18. The Bertz CT molecular complexity index is 568. The molecule has 3 heterocycles. The van der Waals surface area contributed by atoms with Crippen molar-refractivity contribution in [1.29, 1.82) is 0 Å². The van der Waals surface area contributed by atoms with Gasteiger partial charge in [-0.25, -0.2) is 0 Å². The van der Waals surface area contributed by atoms with Gasteiger partial charge in [-0.15, -0.1) is 35.0 Å². The molecule has 0 bridgehead atoms. The van der Waals surface area contributed by atoms with Crippen LogP contribution in [0.1, 0.15) is 19.3 Å². The van der Waals surface area contributed by atoms with Gasteiger partial charge in [0.1, 0.15) is 0 Å². The monoisotopic (exact) mass is 317 g/mol. The van der Waals surface area contributed by atoms with Crippen molar-refractivity contribution in [3.63, 3.8) is 0 Å². The van der Waals surface area contributed by atoms with Gasteiger partial charge in [-0.2, -0.15) is 0 Å². The fourth-order valence-corrected chi connectivity index (χ4v) is 2.20. The van der Waals surface area contributed by atoms with E-state index in [9.17, 15) is 4.79 Å². The fraction of sp³-hybridized carbons (Fsp3) is 0.417. The summed E-state index contributed by atoms with van der Waals surface area (Å²) in [6, 6.07) is 5.50. The Balaban J connectivity index is 0.000001000. The Kier molecular flexibility index (Phi) is 6.19. The number of piperidine rings is 1. The van der Waals surface area contributed by atoms with Crippen molar-refractivity contribution in [2.45, 2.75) is 25.3 Å². The number of carbonyl (C=O) groups is 1. The highest BCUT2D eigenvalue weighted by molar-refractivity contribution is 5.93. The molecule has 8 heteroatoms. The SMILES string of the molecule is Cl.Cl.O=C(Nc1nnc2ccccn12)C1CCCCN1. The topological polar surface area (TPSA) is 71.3 Å². The number of hydrogen-bond donors (Lipinski definition) is 2. The molecule has 1 aliphatic heterocycles. The van der Waals surface area contributed by atoms with Crippen molar-refractivity contribution in [2.75, 3.05) is 11.9 Å². The summed E-state index contributed by atoms with van der Waals surface area (Å²) in [4.78, 5) is 12.1. The lowest BCUT2D eigenvalue weighted by molar-refractivity contribution is -0.118. The van der Waals surface area contributed by atoms with E-state index in [2.05, 4.69) is 20.8 Å². The molecular formula is C12H17Cl2N5O. The summed E-state index contributed by atoms with van der Waals surface area (Å²) in [5.74, 6) is 0.441. The number of anilines is 1. The maximum Gasteiger partial charge on any atom is 0.243 e. The number of fused-ring (bicyclic) bond motifs is 1. The normalized spacial score (nSPS) is 17.9.